The summed E-state index contributed by atoms with van der Waals surface area (Å²) in [7, 11) is 1.83. The van der Waals surface area contributed by atoms with Crippen LogP contribution in [-0.2, 0) is 26.3 Å². The van der Waals surface area contributed by atoms with Crippen molar-refractivity contribution in [3.05, 3.63) is 65.7 Å². The second-order valence-corrected chi connectivity index (χ2v) is 7.48. The number of benzene rings is 2. The second-order valence-electron chi connectivity index (χ2n) is 7.48. The quantitative estimate of drug-likeness (QED) is 0.883. The molecule has 28 heavy (non-hydrogen) atoms. The fraction of sp³-hybridized carbons (Fsp3) is 0.364. The van der Waals surface area contributed by atoms with Gasteiger partial charge >= 0.3 is 0 Å². The Kier molecular flexibility index (Phi) is 4.81. The maximum Gasteiger partial charge on any atom is 0.249 e. The Morgan fingerprint density at radius 2 is 2.00 bits per heavy atom. The van der Waals surface area contributed by atoms with E-state index in [1.807, 2.05) is 43.4 Å². The van der Waals surface area contributed by atoms with Crippen LogP contribution in [0.5, 0.6) is 5.75 Å². The maximum absolute atomic E-state index is 12.8. The lowest BCUT2D eigenvalue weighted by Gasteiger charge is -2.54. The van der Waals surface area contributed by atoms with Crippen LogP contribution in [-0.4, -0.2) is 59.6 Å². The molecule has 0 aromatic heterocycles. The number of aromatic hydroxyl groups is 1. The molecule has 4 rings (SSSR count). The van der Waals surface area contributed by atoms with Gasteiger partial charge in [-0.05, 0) is 29.7 Å². The summed E-state index contributed by atoms with van der Waals surface area (Å²) in [6, 6.07) is 16.7. The van der Waals surface area contributed by atoms with Gasteiger partial charge in [-0.1, -0.05) is 42.5 Å². The highest BCUT2D eigenvalue weighted by Gasteiger charge is 2.53. The summed E-state index contributed by atoms with van der Waals surface area (Å²) in [6.45, 7) is 1.01. The minimum Gasteiger partial charge on any atom is -0.508 e. The van der Waals surface area contributed by atoms with E-state index in [1.54, 1.807) is 28.0 Å². The molecule has 2 fully saturated rings. The number of carbonyl (C=O) groups excluding carboxylic acids is 2. The Morgan fingerprint density at radius 3 is 2.75 bits per heavy atom. The molecule has 6 heteroatoms. The number of phenolic OH excluding ortho intramolecular Hbond substituents is 1. The van der Waals surface area contributed by atoms with Crippen LogP contribution < -0.4 is 0 Å². The number of hydrogen-bond donors (Lipinski definition) is 1. The zero-order chi connectivity index (χ0) is 19.7. The van der Waals surface area contributed by atoms with Gasteiger partial charge in [-0.25, -0.2) is 0 Å². The predicted molar refractivity (Wildman–Crippen MR) is 104 cm³/mol. The zero-order valence-electron chi connectivity index (χ0n) is 15.9. The van der Waals surface area contributed by atoms with Gasteiger partial charge in [0.25, 0.3) is 0 Å². The predicted octanol–water partition coefficient (Wildman–Crippen LogP) is 1.92. The van der Waals surface area contributed by atoms with E-state index in [-0.39, 0.29) is 36.7 Å². The van der Waals surface area contributed by atoms with Crippen molar-refractivity contribution in [2.45, 2.75) is 24.5 Å². The van der Waals surface area contributed by atoms with E-state index in [1.165, 1.54) is 0 Å². The molecule has 0 saturated carbocycles. The molecule has 2 aliphatic rings. The summed E-state index contributed by atoms with van der Waals surface area (Å²) in [5.41, 5.74) is 1.26. The summed E-state index contributed by atoms with van der Waals surface area (Å²) in [6.07, 6.45) is 0.573. The van der Waals surface area contributed by atoms with E-state index in [0.717, 1.165) is 11.1 Å². The topological polar surface area (TPSA) is 70.1 Å². The fourth-order valence-electron chi connectivity index (χ4n) is 4.40. The molecule has 2 heterocycles. The molecule has 0 aliphatic carbocycles. The molecule has 0 bridgehead atoms. The van der Waals surface area contributed by atoms with Gasteiger partial charge in [0.05, 0.1) is 12.0 Å². The van der Waals surface area contributed by atoms with E-state index in [9.17, 15) is 14.7 Å². The van der Waals surface area contributed by atoms with Crippen molar-refractivity contribution in [1.29, 1.82) is 0 Å². The first-order chi connectivity index (χ1) is 13.5. The number of rotatable bonds is 3. The van der Waals surface area contributed by atoms with Crippen LogP contribution in [0.2, 0.25) is 0 Å². The molecule has 2 amide bonds. The average Bonchev–Trinajstić information content (AvgIpc) is 2.71. The first-order valence-corrected chi connectivity index (χ1v) is 9.50. The van der Waals surface area contributed by atoms with Crippen LogP contribution in [0.4, 0.5) is 0 Å². The van der Waals surface area contributed by atoms with Gasteiger partial charge in [0, 0.05) is 20.1 Å². The van der Waals surface area contributed by atoms with Gasteiger partial charge in [0.2, 0.25) is 11.8 Å². The van der Waals surface area contributed by atoms with Crippen LogP contribution in [0, 0.1) is 0 Å². The van der Waals surface area contributed by atoms with Crippen molar-refractivity contribution in [3.63, 3.8) is 0 Å². The number of likely N-dealkylation sites (N-methyl/N-ethyl adjacent to an activating group) is 1. The zero-order valence-corrected chi connectivity index (χ0v) is 15.9. The van der Waals surface area contributed by atoms with Crippen LogP contribution in [0.1, 0.15) is 17.5 Å². The molecule has 1 N–H and O–H groups in total. The average molecular weight is 380 g/mol. The van der Waals surface area contributed by atoms with Gasteiger partial charge in [-0.3, -0.25) is 9.59 Å². The summed E-state index contributed by atoms with van der Waals surface area (Å²) < 4.78 is 5.95. The van der Waals surface area contributed by atoms with E-state index in [0.29, 0.717) is 19.5 Å². The fourth-order valence-corrected chi connectivity index (χ4v) is 4.40. The molecule has 0 radical (unpaired) electrons. The Balaban J connectivity index is 1.57. The van der Waals surface area contributed by atoms with Crippen molar-refractivity contribution in [2.75, 3.05) is 26.7 Å². The van der Waals surface area contributed by atoms with Crippen molar-refractivity contribution < 1.29 is 19.4 Å². The van der Waals surface area contributed by atoms with Crippen LogP contribution in [0.25, 0.3) is 0 Å². The van der Waals surface area contributed by atoms with Crippen LogP contribution in [0.15, 0.2) is 54.6 Å². The number of morpholine rings is 1. The van der Waals surface area contributed by atoms with E-state index < -0.39 is 5.54 Å². The van der Waals surface area contributed by atoms with Crippen molar-refractivity contribution in [2.24, 2.45) is 0 Å². The van der Waals surface area contributed by atoms with Crippen molar-refractivity contribution >= 4 is 11.8 Å². The Labute approximate surface area is 164 Å². The molecule has 146 valence electrons. The monoisotopic (exact) mass is 380 g/mol. The van der Waals surface area contributed by atoms with Gasteiger partial charge < -0.3 is 19.6 Å². The van der Waals surface area contributed by atoms with Crippen molar-refractivity contribution in [3.8, 4) is 5.75 Å². The normalized spacial score (nSPS) is 24.8. The lowest BCUT2D eigenvalue weighted by molar-refractivity contribution is -0.184. The van der Waals surface area contributed by atoms with Gasteiger partial charge in [-0.15, -0.1) is 0 Å². The second kappa shape index (κ2) is 7.28. The Hall–Kier alpha value is -2.86. The van der Waals surface area contributed by atoms with E-state index in [4.69, 9.17) is 4.74 Å². The van der Waals surface area contributed by atoms with Crippen LogP contribution in [0.3, 0.4) is 0 Å². The lowest BCUT2D eigenvalue weighted by atomic mass is 9.76. The first-order valence-electron chi connectivity index (χ1n) is 9.50. The smallest absolute Gasteiger partial charge is 0.249 e. The number of hydrogen-bond acceptors (Lipinski definition) is 4. The molecule has 2 aromatic carbocycles. The number of ether oxygens (including phenoxy) is 1. The highest BCUT2D eigenvalue weighted by Crippen LogP contribution is 2.42. The third-order valence-electron chi connectivity index (χ3n) is 5.95. The summed E-state index contributed by atoms with van der Waals surface area (Å²) in [5, 5.41) is 9.62. The first kappa shape index (κ1) is 18.5. The summed E-state index contributed by atoms with van der Waals surface area (Å²) >= 11 is 0. The number of nitrogens with zero attached hydrogens (tertiary/aromatic N) is 2. The third-order valence-corrected chi connectivity index (χ3v) is 5.95. The molecule has 0 unspecified atom stereocenters. The molecule has 6 nitrogen and oxygen atoms in total. The van der Waals surface area contributed by atoms with Gasteiger partial charge in [0.15, 0.2) is 0 Å². The number of likely N-dealkylation sites (tertiary alicyclic amines) is 1. The van der Waals surface area contributed by atoms with Gasteiger partial charge in [-0.2, -0.15) is 0 Å². The van der Waals surface area contributed by atoms with E-state index in [2.05, 4.69) is 0 Å². The standard InChI is InChI=1S/C22H24N2O4/c1-23-21(27)15-28-19-14-24(20(26)13-16-6-5-9-18(25)12-16)11-10-22(19,23)17-7-3-2-4-8-17/h2-9,12,19,25H,10-11,13-15H2,1H3/t19-,22+/m1/s1. The highest BCUT2D eigenvalue weighted by molar-refractivity contribution is 5.81. The molecular weight excluding hydrogens is 356 g/mol. The van der Waals surface area contributed by atoms with Crippen molar-refractivity contribution in [1.82, 2.24) is 9.80 Å². The minimum atomic E-state index is -0.557. The largest absolute Gasteiger partial charge is 0.508 e. The Morgan fingerprint density at radius 1 is 1.21 bits per heavy atom. The molecule has 2 saturated heterocycles. The summed E-state index contributed by atoms with van der Waals surface area (Å²) in [4.78, 5) is 28.9. The number of carbonyl (C=O) groups is 2. The van der Waals surface area contributed by atoms with E-state index >= 15 is 0 Å². The minimum absolute atomic E-state index is 0.00425. The molecule has 0 spiro atoms. The number of fused-ring (bicyclic) bond motifs is 1. The number of phenols is 1. The third kappa shape index (κ3) is 3.14. The maximum atomic E-state index is 12.8. The lowest BCUT2D eigenvalue weighted by Crippen LogP contribution is -2.67. The van der Waals surface area contributed by atoms with Gasteiger partial charge in [0.1, 0.15) is 18.5 Å². The summed E-state index contributed by atoms with van der Waals surface area (Å²) in [5.74, 6) is 0.109. The number of piperidine rings is 1. The molecule has 2 aromatic rings. The number of amides is 2. The molecule has 2 aliphatic heterocycles. The Bertz CT molecular complexity index is 885. The SMILES string of the molecule is CN1C(=O)CO[C@@H]2CN(C(=O)Cc3cccc(O)c3)CC[C@]21c1ccccc1. The van der Waals surface area contributed by atoms with Crippen LogP contribution >= 0.6 is 0 Å². The highest BCUT2D eigenvalue weighted by atomic mass is 16.5. The molecule has 2 atom stereocenters. The molecular formula is C22H24N2O4.